The van der Waals surface area contributed by atoms with Crippen LogP contribution in [0.4, 0.5) is 14.6 Å². The van der Waals surface area contributed by atoms with E-state index < -0.39 is 11.6 Å². The number of benzene rings is 1. The molecule has 1 aromatic heterocycles. The van der Waals surface area contributed by atoms with Crippen LogP contribution >= 0.6 is 11.8 Å². The summed E-state index contributed by atoms with van der Waals surface area (Å²) < 4.78 is 26.8. The van der Waals surface area contributed by atoms with E-state index in [1.165, 1.54) is 0 Å². The Kier molecular flexibility index (Phi) is 4.86. The van der Waals surface area contributed by atoms with Crippen molar-refractivity contribution in [1.29, 1.82) is 0 Å². The minimum atomic E-state index is -0.492. The number of aromatic nitrogens is 2. The highest BCUT2D eigenvalue weighted by Gasteiger charge is 2.09. The Morgan fingerprint density at radius 1 is 1.25 bits per heavy atom. The standard InChI is InChI=1S/C13H14F2N4S/c1-2-3-11-17-12(19-16)7-13(18-11)20-10-6-8(14)4-5-9(10)15/h4-7H,2-3,16H2,1H3,(H,17,18,19). The Bertz CT molecular complexity index is 607. The molecule has 0 atom stereocenters. The Labute approximate surface area is 119 Å². The monoisotopic (exact) mass is 296 g/mol. The van der Waals surface area contributed by atoms with Crippen LogP contribution in [0.3, 0.4) is 0 Å². The number of hydrogen-bond acceptors (Lipinski definition) is 5. The lowest BCUT2D eigenvalue weighted by Crippen LogP contribution is -2.10. The fraction of sp³-hybridized carbons (Fsp3) is 0.231. The van der Waals surface area contributed by atoms with E-state index in [0.717, 1.165) is 36.4 Å². The lowest BCUT2D eigenvalue weighted by molar-refractivity contribution is 0.577. The molecule has 2 rings (SSSR count). The Morgan fingerprint density at radius 3 is 2.75 bits per heavy atom. The second-order valence-corrected chi connectivity index (χ2v) is 5.14. The molecule has 0 saturated carbocycles. The Morgan fingerprint density at radius 2 is 2.05 bits per heavy atom. The summed E-state index contributed by atoms with van der Waals surface area (Å²) in [6.07, 6.45) is 1.57. The van der Waals surface area contributed by atoms with Crippen LogP contribution in [0.2, 0.25) is 0 Å². The van der Waals surface area contributed by atoms with Crippen LogP contribution in [0.1, 0.15) is 19.2 Å². The topological polar surface area (TPSA) is 63.8 Å². The molecule has 0 saturated heterocycles. The van der Waals surface area contributed by atoms with E-state index in [-0.39, 0.29) is 4.90 Å². The number of hydrogen-bond donors (Lipinski definition) is 2. The maximum absolute atomic E-state index is 13.6. The molecular formula is C13H14F2N4S. The van der Waals surface area contributed by atoms with Gasteiger partial charge in [0.2, 0.25) is 0 Å². The van der Waals surface area contributed by atoms with Gasteiger partial charge in [-0.05, 0) is 24.6 Å². The zero-order chi connectivity index (χ0) is 14.5. The van der Waals surface area contributed by atoms with Crippen molar-refractivity contribution < 1.29 is 8.78 Å². The summed E-state index contributed by atoms with van der Waals surface area (Å²) >= 11 is 1.04. The van der Waals surface area contributed by atoms with Crippen LogP contribution in [0.5, 0.6) is 0 Å². The van der Waals surface area contributed by atoms with Crippen molar-refractivity contribution in [3.8, 4) is 0 Å². The van der Waals surface area contributed by atoms with Crippen molar-refractivity contribution in [3.05, 3.63) is 41.7 Å². The summed E-state index contributed by atoms with van der Waals surface area (Å²) in [4.78, 5) is 8.67. The number of nitrogens with two attached hydrogens (primary N) is 1. The smallest absolute Gasteiger partial charge is 0.144 e. The number of rotatable bonds is 5. The minimum Gasteiger partial charge on any atom is -0.308 e. The van der Waals surface area contributed by atoms with E-state index in [2.05, 4.69) is 15.4 Å². The third kappa shape index (κ3) is 3.64. The zero-order valence-electron chi connectivity index (χ0n) is 10.9. The van der Waals surface area contributed by atoms with Gasteiger partial charge in [0, 0.05) is 12.5 Å². The molecule has 0 amide bonds. The molecule has 0 unspecified atom stereocenters. The van der Waals surface area contributed by atoms with Crippen molar-refractivity contribution >= 4 is 17.6 Å². The highest BCUT2D eigenvalue weighted by molar-refractivity contribution is 7.99. The normalized spacial score (nSPS) is 10.6. The maximum atomic E-state index is 13.6. The van der Waals surface area contributed by atoms with Crippen LogP contribution in [-0.2, 0) is 6.42 Å². The third-order valence-electron chi connectivity index (χ3n) is 2.48. The van der Waals surface area contributed by atoms with E-state index >= 15 is 0 Å². The number of nitrogens with zero attached hydrogens (tertiary/aromatic N) is 2. The van der Waals surface area contributed by atoms with Crippen molar-refractivity contribution in [3.63, 3.8) is 0 Å². The predicted molar refractivity (Wildman–Crippen MR) is 74.3 cm³/mol. The number of nitrogens with one attached hydrogen (secondary N) is 1. The highest BCUT2D eigenvalue weighted by atomic mass is 32.2. The van der Waals surface area contributed by atoms with E-state index in [9.17, 15) is 8.78 Å². The van der Waals surface area contributed by atoms with Crippen molar-refractivity contribution in [2.45, 2.75) is 29.7 Å². The van der Waals surface area contributed by atoms with E-state index in [1.54, 1.807) is 6.07 Å². The first-order chi connectivity index (χ1) is 9.62. The quantitative estimate of drug-likeness (QED) is 0.504. The van der Waals surface area contributed by atoms with Crippen LogP contribution in [0, 0.1) is 11.6 Å². The average molecular weight is 296 g/mol. The van der Waals surface area contributed by atoms with Crippen molar-refractivity contribution in [2.24, 2.45) is 5.84 Å². The molecular weight excluding hydrogens is 282 g/mol. The number of halogens is 2. The molecule has 0 bridgehead atoms. The number of nitrogen functional groups attached to an aromatic ring is 1. The molecule has 0 fully saturated rings. The Balaban J connectivity index is 2.32. The van der Waals surface area contributed by atoms with Gasteiger partial charge in [-0.1, -0.05) is 18.7 Å². The fourth-order valence-electron chi connectivity index (χ4n) is 1.60. The molecule has 3 N–H and O–H groups in total. The highest BCUT2D eigenvalue weighted by Crippen LogP contribution is 2.30. The molecule has 2 aromatic rings. The summed E-state index contributed by atoms with van der Waals surface area (Å²) in [6, 6.07) is 4.90. The summed E-state index contributed by atoms with van der Waals surface area (Å²) in [6.45, 7) is 2.00. The van der Waals surface area contributed by atoms with Crippen molar-refractivity contribution in [2.75, 3.05) is 5.43 Å². The van der Waals surface area contributed by atoms with Crippen molar-refractivity contribution in [1.82, 2.24) is 9.97 Å². The molecule has 0 radical (unpaired) electrons. The molecule has 0 aliphatic heterocycles. The zero-order valence-corrected chi connectivity index (χ0v) is 11.7. The largest absolute Gasteiger partial charge is 0.308 e. The van der Waals surface area contributed by atoms with Gasteiger partial charge >= 0.3 is 0 Å². The van der Waals surface area contributed by atoms with Gasteiger partial charge in [-0.3, -0.25) is 0 Å². The first kappa shape index (κ1) is 14.7. The molecule has 0 spiro atoms. The van der Waals surface area contributed by atoms with Gasteiger partial charge in [-0.2, -0.15) is 0 Å². The van der Waals surface area contributed by atoms with Gasteiger partial charge in [0.15, 0.2) is 0 Å². The maximum Gasteiger partial charge on any atom is 0.144 e. The van der Waals surface area contributed by atoms with Gasteiger partial charge < -0.3 is 5.43 Å². The number of anilines is 1. The molecule has 7 heteroatoms. The second-order valence-electron chi connectivity index (χ2n) is 4.08. The first-order valence-corrected chi connectivity index (χ1v) is 6.91. The van der Waals surface area contributed by atoms with E-state index in [0.29, 0.717) is 23.1 Å². The van der Waals surface area contributed by atoms with Crippen LogP contribution < -0.4 is 11.3 Å². The molecule has 4 nitrogen and oxygen atoms in total. The third-order valence-corrected chi connectivity index (χ3v) is 3.43. The van der Waals surface area contributed by atoms with Crippen LogP contribution in [0.25, 0.3) is 0 Å². The molecule has 0 aliphatic rings. The fourth-order valence-corrected chi connectivity index (χ4v) is 2.49. The van der Waals surface area contributed by atoms with Gasteiger partial charge in [0.05, 0.1) is 4.90 Å². The molecule has 106 valence electrons. The summed E-state index contributed by atoms with van der Waals surface area (Å²) in [5.41, 5.74) is 2.45. The van der Waals surface area contributed by atoms with Gasteiger partial charge in [-0.25, -0.2) is 24.6 Å². The molecule has 0 aliphatic carbocycles. The molecule has 1 aromatic carbocycles. The Hall–Kier alpha value is -1.73. The van der Waals surface area contributed by atoms with Gasteiger partial charge in [0.1, 0.15) is 28.3 Å². The average Bonchev–Trinajstić information content (AvgIpc) is 2.43. The summed E-state index contributed by atoms with van der Waals surface area (Å²) in [7, 11) is 0. The molecule has 1 heterocycles. The summed E-state index contributed by atoms with van der Waals surface area (Å²) in [5, 5.41) is 0.515. The van der Waals surface area contributed by atoms with E-state index in [4.69, 9.17) is 5.84 Å². The van der Waals surface area contributed by atoms with Gasteiger partial charge in [0.25, 0.3) is 0 Å². The van der Waals surface area contributed by atoms with Crippen LogP contribution in [-0.4, -0.2) is 9.97 Å². The van der Waals surface area contributed by atoms with E-state index in [1.807, 2.05) is 6.92 Å². The molecule has 20 heavy (non-hydrogen) atoms. The first-order valence-electron chi connectivity index (χ1n) is 6.10. The number of aryl methyl sites for hydroxylation is 1. The summed E-state index contributed by atoms with van der Waals surface area (Å²) in [5.74, 6) is 5.42. The van der Waals surface area contributed by atoms with Gasteiger partial charge in [-0.15, -0.1) is 0 Å². The SMILES string of the molecule is CCCc1nc(NN)cc(Sc2cc(F)ccc2F)n1. The second kappa shape index (κ2) is 6.62. The number of hydrazine groups is 1. The minimum absolute atomic E-state index is 0.175. The van der Waals surface area contributed by atoms with Crippen LogP contribution in [0.15, 0.2) is 34.2 Å². The lowest BCUT2D eigenvalue weighted by atomic mass is 10.3. The predicted octanol–water partition coefficient (Wildman–Crippen LogP) is 3.14. The lowest BCUT2D eigenvalue weighted by Gasteiger charge is -2.07.